The Morgan fingerprint density at radius 3 is 0.810 bits per heavy atom. The van der Waals surface area contributed by atoms with Gasteiger partial charge in [0.1, 0.15) is 19.3 Å². The molecule has 0 saturated carbocycles. The fraction of sp³-hybridized carbons (Fsp3) is 0.938. The van der Waals surface area contributed by atoms with Crippen molar-refractivity contribution in [1.29, 1.82) is 0 Å². The van der Waals surface area contributed by atoms with Gasteiger partial charge in [-0.1, -0.05) is 273 Å². The van der Waals surface area contributed by atoms with E-state index < -0.39 is 97.5 Å². The Hall–Kier alpha value is -1.94. The third kappa shape index (κ3) is 59.0. The SMILES string of the molecule is CCCCCCCCCCCCCC(=O)OC[C@H](COP(=O)(O)OC[C@@H](O)COP(=O)(O)OC[C@@H](COC(=O)CCCCCCCCCCC)OC(=O)CCCCCCCCC(C)C)OC(=O)CCCCCCCCCCCCCCC(C)C. The van der Waals surface area contributed by atoms with E-state index in [1.54, 1.807) is 0 Å². The lowest BCUT2D eigenvalue weighted by molar-refractivity contribution is -0.161. The van der Waals surface area contributed by atoms with E-state index in [0.717, 1.165) is 95.8 Å². The van der Waals surface area contributed by atoms with Gasteiger partial charge in [-0.3, -0.25) is 37.3 Å². The van der Waals surface area contributed by atoms with Crippen molar-refractivity contribution in [1.82, 2.24) is 0 Å². The second kappa shape index (κ2) is 57.5. The summed E-state index contributed by atoms with van der Waals surface area (Å²) in [6.07, 6.45) is 40.4. The number of phosphoric ester groups is 2. The number of carbonyl (C=O) groups excluding carboxylic acids is 4. The molecule has 498 valence electrons. The van der Waals surface area contributed by atoms with Crippen molar-refractivity contribution in [2.75, 3.05) is 39.6 Å². The number of hydrogen-bond acceptors (Lipinski definition) is 15. The summed E-state index contributed by atoms with van der Waals surface area (Å²) in [7, 11) is -9.89. The molecular formula is C65H126O17P2. The van der Waals surface area contributed by atoms with E-state index in [-0.39, 0.29) is 25.7 Å². The minimum atomic E-state index is -4.95. The average Bonchev–Trinajstić information content (AvgIpc) is 3.64. The van der Waals surface area contributed by atoms with E-state index in [2.05, 4.69) is 41.5 Å². The van der Waals surface area contributed by atoms with Crippen LogP contribution in [-0.2, 0) is 65.4 Å². The van der Waals surface area contributed by atoms with E-state index in [0.29, 0.717) is 31.6 Å². The molecule has 0 aromatic heterocycles. The smallest absolute Gasteiger partial charge is 0.462 e. The number of ether oxygens (including phenoxy) is 4. The topological polar surface area (TPSA) is 237 Å². The lowest BCUT2D eigenvalue weighted by atomic mass is 10.0. The van der Waals surface area contributed by atoms with Crippen molar-refractivity contribution < 1.29 is 80.2 Å². The van der Waals surface area contributed by atoms with Gasteiger partial charge in [0.2, 0.25) is 0 Å². The Morgan fingerprint density at radius 1 is 0.321 bits per heavy atom. The van der Waals surface area contributed by atoms with Crippen LogP contribution in [-0.4, -0.2) is 96.7 Å². The normalized spacial score (nSPS) is 14.3. The minimum absolute atomic E-state index is 0.102. The highest BCUT2D eigenvalue weighted by Crippen LogP contribution is 2.45. The Labute approximate surface area is 511 Å². The molecule has 0 fully saturated rings. The molecule has 0 amide bonds. The number of phosphoric acid groups is 2. The lowest BCUT2D eigenvalue weighted by Crippen LogP contribution is -2.30. The fourth-order valence-electron chi connectivity index (χ4n) is 9.71. The zero-order valence-electron chi connectivity index (χ0n) is 54.2. The quantitative estimate of drug-likeness (QED) is 0.0222. The third-order valence-corrected chi connectivity index (χ3v) is 16.9. The molecule has 19 heteroatoms. The first kappa shape index (κ1) is 82.1. The first-order valence-electron chi connectivity index (χ1n) is 34.0. The van der Waals surface area contributed by atoms with Gasteiger partial charge in [-0.05, 0) is 37.5 Å². The summed E-state index contributed by atoms with van der Waals surface area (Å²) in [5.41, 5.74) is 0. The molecule has 0 aromatic rings. The number of aliphatic hydroxyl groups is 1. The monoisotopic (exact) mass is 1240 g/mol. The van der Waals surface area contributed by atoms with Gasteiger partial charge in [0.05, 0.1) is 26.4 Å². The Morgan fingerprint density at radius 2 is 0.548 bits per heavy atom. The summed E-state index contributed by atoms with van der Waals surface area (Å²) in [4.78, 5) is 72.2. The Kier molecular flexibility index (Phi) is 56.2. The summed E-state index contributed by atoms with van der Waals surface area (Å²) in [5.74, 6) is -0.690. The molecule has 0 rings (SSSR count). The number of esters is 4. The molecule has 84 heavy (non-hydrogen) atoms. The van der Waals surface area contributed by atoms with Crippen LogP contribution >= 0.6 is 15.6 Å². The second-order valence-corrected chi connectivity index (χ2v) is 27.4. The number of unbranched alkanes of at least 4 members (excludes halogenated alkanes) is 34. The molecule has 0 aliphatic heterocycles. The molecule has 3 N–H and O–H groups in total. The van der Waals surface area contributed by atoms with Crippen molar-refractivity contribution in [2.24, 2.45) is 11.8 Å². The lowest BCUT2D eigenvalue weighted by Gasteiger charge is -2.21. The van der Waals surface area contributed by atoms with E-state index in [1.807, 2.05) is 0 Å². The van der Waals surface area contributed by atoms with Crippen LogP contribution in [0, 0.1) is 11.8 Å². The molecule has 0 radical (unpaired) electrons. The van der Waals surface area contributed by atoms with Crippen molar-refractivity contribution in [3.05, 3.63) is 0 Å². The maximum Gasteiger partial charge on any atom is 0.472 e. The average molecular weight is 1240 g/mol. The molecule has 5 atom stereocenters. The maximum atomic E-state index is 13.0. The summed E-state index contributed by atoms with van der Waals surface area (Å²) in [6.45, 7) is 9.40. The molecule has 0 aliphatic carbocycles. The van der Waals surface area contributed by atoms with Crippen LogP contribution in [0.25, 0.3) is 0 Å². The van der Waals surface area contributed by atoms with Crippen LogP contribution in [0.15, 0.2) is 0 Å². The van der Waals surface area contributed by atoms with Gasteiger partial charge in [0.15, 0.2) is 12.2 Å². The maximum absolute atomic E-state index is 13.0. The molecule has 0 bridgehead atoms. The van der Waals surface area contributed by atoms with E-state index in [1.165, 1.54) is 141 Å². The van der Waals surface area contributed by atoms with Gasteiger partial charge in [0.25, 0.3) is 0 Å². The summed E-state index contributed by atoms with van der Waals surface area (Å²) >= 11 is 0. The van der Waals surface area contributed by atoms with Gasteiger partial charge in [-0.25, -0.2) is 9.13 Å². The van der Waals surface area contributed by atoms with Crippen LogP contribution in [0.1, 0.15) is 324 Å². The van der Waals surface area contributed by atoms with Crippen LogP contribution in [0.4, 0.5) is 0 Å². The molecule has 0 aromatic carbocycles. The van der Waals surface area contributed by atoms with Crippen LogP contribution in [0.5, 0.6) is 0 Å². The highest BCUT2D eigenvalue weighted by Gasteiger charge is 2.30. The van der Waals surface area contributed by atoms with E-state index >= 15 is 0 Å². The molecular weight excluding hydrogens is 1110 g/mol. The van der Waals surface area contributed by atoms with Crippen molar-refractivity contribution in [2.45, 2.75) is 342 Å². The predicted molar refractivity (Wildman–Crippen MR) is 335 cm³/mol. The third-order valence-electron chi connectivity index (χ3n) is 15.0. The van der Waals surface area contributed by atoms with Crippen molar-refractivity contribution >= 4 is 39.5 Å². The number of hydrogen-bond donors (Lipinski definition) is 3. The molecule has 0 aliphatic rings. The molecule has 0 spiro atoms. The Bertz CT molecular complexity index is 1650. The summed E-state index contributed by atoms with van der Waals surface area (Å²) in [5, 5.41) is 10.5. The van der Waals surface area contributed by atoms with Gasteiger partial charge in [-0.2, -0.15) is 0 Å². The van der Waals surface area contributed by atoms with Crippen LogP contribution in [0.2, 0.25) is 0 Å². The molecule has 2 unspecified atom stereocenters. The number of rotatable bonds is 64. The standard InChI is InChI=1S/C65H126O17P2/c1-7-9-11-13-15-17-20-25-29-36-42-48-63(68)76-53-60(81-64(69)49-43-37-30-26-22-19-18-21-24-27-33-39-45-57(3)4)55-79-83(71,72)77-51-59(66)52-78-84(73,74)80-56-61(82-65(70)50-44-38-32-31-34-40-46-58(5)6)54-75-62(67)47-41-35-28-23-16-14-12-10-8-2/h57-61,66H,7-56H2,1-6H3,(H,71,72)(H,73,74)/t59-,60-,61-/m1/s1. The largest absolute Gasteiger partial charge is 0.472 e. The summed E-state index contributed by atoms with van der Waals surface area (Å²) in [6, 6.07) is 0. The molecule has 0 heterocycles. The van der Waals surface area contributed by atoms with Crippen LogP contribution in [0.3, 0.4) is 0 Å². The zero-order valence-corrected chi connectivity index (χ0v) is 56.0. The van der Waals surface area contributed by atoms with Gasteiger partial charge in [-0.15, -0.1) is 0 Å². The van der Waals surface area contributed by atoms with E-state index in [4.69, 9.17) is 37.0 Å². The number of carbonyl (C=O) groups is 4. The van der Waals surface area contributed by atoms with Gasteiger partial charge >= 0.3 is 39.5 Å². The zero-order chi connectivity index (χ0) is 62.2. The van der Waals surface area contributed by atoms with E-state index in [9.17, 15) is 43.2 Å². The van der Waals surface area contributed by atoms with Gasteiger partial charge < -0.3 is 33.8 Å². The first-order valence-corrected chi connectivity index (χ1v) is 37.0. The first-order chi connectivity index (χ1) is 40.4. The highest BCUT2D eigenvalue weighted by molar-refractivity contribution is 7.47. The van der Waals surface area contributed by atoms with Gasteiger partial charge in [0, 0.05) is 25.7 Å². The second-order valence-electron chi connectivity index (χ2n) is 24.5. The van der Waals surface area contributed by atoms with Crippen molar-refractivity contribution in [3.8, 4) is 0 Å². The Balaban J connectivity index is 5.22. The van der Waals surface area contributed by atoms with Crippen LogP contribution < -0.4 is 0 Å². The molecule has 17 nitrogen and oxygen atoms in total. The predicted octanol–water partition coefficient (Wildman–Crippen LogP) is 18.0. The van der Waals surface area contributed by atoms with Crippen molar-refractivity contribution in [3.63, 3.8) is 0 Å². The molecule has 0 saturated heterocycles. The summed E-state index contributed by atoms with van der Waals surface area (Å²) < 4.78 is 68.0. The number of aliphatic hydroxyl groups excluding tert-OH is 1. The fourth-order valence-corrected chi connectivity index (χ4v) is 11.3. The highest BCUT2D eigenvalue weighted by atomic mass is 31.2. The minimum Gasteiger partial charge on any atom is -0.462 e.